The number of pyridine rings is 2. The number of azo groups is 1. The Hall–Kier alpha value is -5.65. The maximum absolute atomic E-state index is 9.75. The summed E-state index contributed by atoms with van der Waals surface area (Å²) in [6.07, 6.45) is 0. The third-order valence-corrected chi connectivity index (χ3v) is 7.14. The number of hydrogen-bond acceptors (Lipinski definition) is 2. The highest BCUT2D eigenvalue weighted by atomic mass is 19.5. The molecule has 0 unspecified atom stereocenters. The minimum Gasteiger partial charge on any atom is -0.418 e. The molecule has 2 aromatic heterocycles. The Kier molecular flexibility index (Phi) is 12.4. The lowest BCUT2D eigenvalue weighted by molar-refractivity contribution is -0.649. The van der Waals surface area contributed by atoms with Crippen LogP contribution in [-0.2, 0) is 14.1 Å². The fraction of sp³-hybridized carbons (Fsp3) is 0.0556. The first-order valence-electron chi connectivity index (χ1n) is 15.1. The van der Waals surface area contributed by atoms with E-state index in [1.165, 1.54) is 0 Å². The molecule has 50 heavy (non-hydrogen) atoms. The van der Waals surface area contributed by atoms with Crippen LogP contribution in [0.15, 0.2) is 156 Å². The van der Waals surface area contributed by atoms with Crippen LogP contribution < -0.4 is 9.13 Å². The number of benzene rings is 4. The number of halogens is 8. The molecule has 6 rings (SSSR count). The molecule has 0 bridgehead atoms. The molecule has 0 amide bonds. The molecule has 0 aliphatic heterocycles. The largest absolute Gasteiger partial charge is 0.673 e. The van der Waals surface area contributed by atoms with Gasteiger partial charge in [-0.15, -0.1) is 0 Å². The van der Waals surface area contributed by atoms with Gasteiger partial charge in [-0.3, -0.25) is 0 Å². The van der Waals surface area contributed by atoms with Crippen LogP contribution in [-0.4, -0.2) is 14.5 Å². The van der Waals surface area contributed by atoms with Crippen LogP contribution in [0.2, 0.25) is 0 Å². The average molecular weight is 692 g/mol. The second-order valence-corrected chi connectivity index (χ2v) is 10.7. The summed E-state index contributed by atoms with van der Waals surface area (Å²) < 4.78 is 82.4. The van der Waals surface area contributed by atoms with Crippen LogP contribution >= 0.6 is 0 Å². The number of nitrogens with zero attached hydrogens (tertiary/aromatic N) is 4. The van der Waals surface area contributed by atoms with Gasteiger partial charge in [0, 0.05) is 46.5 Å². The molecule has 0 aliphatic carbocycles. The first-order chi connectivity index (χ1) is 23.7. The molecule has 2 heterocycles. The van der Waals surface area contributed by atoms with Crippen LogP contribution in [0, 0.1) is 0 Å². The van der Waals surface area contributed by atoms with E-state index in [1.54, 1.807) is 0 Å². The van der Waals surface area contributed by atoms with Gasteiger partial charge in [0.15, 0.2) is 0 Å². The van der Waals surface area contributed by atoms with Gasteiger partial charge in [-0.25, -0.2) is 0 Å². The summed E-state index contributed by atoms with van der Waals surface area (Å²) in [7, 11) is -7.80. The lowest BCUT2D eigenvalue weighted by atomic mass is 10.1. The van der Waals surface area contributed by atoms with E-state index >= 15 is 0 Å². The van der Waals surface area contributed by atoms with Gasteiger partial charge in [-0.05, 0) is 48.5 Å². The molecule has 0 spiro atoms. The summed E-state index contributed by atoms with van der Waals surface area (Å²) in [5.74, 6) is 0. The molecular formula is C36H30B2F8N4. The van der Waals surface area contributed by atoms with Crippen LogP contribution in [0.3, 0.4) is 0 Å². The molecule has 0 N–H and O–H groups in total. The van der Waals surface area contributed by atoms with Gasteiger partial charge in [0.2, 0.25) is 22.8 Å². The molecule has 0 fully saturated rings. The van der Waals surface area contributed by atoms with Crippen molar-refractivity contribution in [2.75, 3.05) is 0 Å². The van der Waals surface area contributed by atoms with Crippen molar-refractivity contribution in [3.63, 3.8) is 0 Å². The smallest absolute Gasteiger partial charge is 0.418 e. The highest BCUT2D eigenvalue weighted by molar-refractivity contribution is 6.50. The molecule has 0 saturated heterocycles. The normalized spacial score (nSPS) is 11.3. The van der Waals surface area contributed by atoms with E-state index in [0.717, 1.165) is 56.4 Å². The fourth-order valence-electron chi connectivity index (χ4n) is 5.06. The van der Waals surface area contributed by atoms with E-state index < -0.39 is 14.5 Å². The molecule has 4 aromatic carbocycles. The van der Waals surface area contributed by atoms with Crippen molar-refractivity contribution in [1.29, 1.82) is 0 Å². The van der Waals surface area contributed by atoms with Gasteiger partial charge in [0.25, 0.3) is 0 Å². The predicted molar refractivity (Wildman–Crippen MR) is 182 cm³/mol. The molecule has 14 heteroatoms. The van der Waals surface area contributed by atoms with E-state index in [4.69, 9.17) is 10.2 Å². The van der Waals surface area contributed by atoms with E-state index in [2.05, 4.69) is 145 Å². The lowest BCUT2D eigenvalue weighted by Gasteiger charge is -2.08. The van der Waals surface area contributed by atoms with Crippen LogP contribution in [0.1, 0.15) is 0 Å². The van der Waals surface area contributed by atoms with Gasteiger partial charge in [0.05, 0.1) is 11.4 Å². The Morgan fingerprint density at radius 3 is 0.720 bits per heavy atom. The molecule has 0 atom stereocenters. The van der Waals surface area contributed by atoms with Crippen LogP contribution in [0.4, 0.5) is 45.9 Å². The Labute approximate surface area is 284 Å². The highest BCUT2D eigenvalue weighted by Gasteiger charge is 2.22. The van der Waals surface area contributed by atoms with Gasteiger partial charge < -0.3 is 34.5 Å². The molecule has 0 aliphatic rings. The second-order valence-electron chi connectivity index (χ2n) is 10.7. The number of rotatable bonds is 6. The topological polar surface area (TPSA) is 32.5 Å². The van der Waals surface area contributed by atoms with E-state index in [9.17, 15) is 34.5 Å². The lowest BCUT2D eigenvalue weighted by Crippen LogP contribution is -2.33. The summed E-state index contributed by atoms with van der Waals surface area (Å²) in [5.41, 5.74) is 10.4. The number of aromatic nitrogens is 2. The maximum Gasteiger partial charge on any atom is 0.673 e. The summed E-state index contributed by atoms with van der Waals surface area (Å²) in [6, 6.07) is 50.0. The maximum atomic E-state index is 9.75. The van der Waals surface area contributed by atoms with Gasteiger partial charge >= 0.3 is 14.5 Å². The Bertz CT molecular complexity index is 1730. The van der Waals surface area contributed by atoms with E-state index in [0.29, 0.717) is 0 Å². The van der Waals surface area contributed by atoms with Crippen molar-refractivity contribution >= 4 is 25.9 Å². The Morgan fingerprint density at radius 2 is 0.540 bits per heavy atom. The van der Waals surface area contributed by atoms with Crippen LogP contribution in [0.5, 0.6) is 0 Å². The zero-order chi connectivity index (χ0) is 36.3. The standard InChI is InChI=1S/C36H30N4.2BF4/c1-39-33(27-15-7-3-8-16-27)23-31(24-34(39)28-17-9-4-10-18-28)37-38-32-25-35(29-19-11-5-12-20-29)40(2)36(26-32)30-21-13-6-14-22-30;2*2-1(3,4)5/h3-26H,1-2H3;;/q+2;2*-1. The first-order valence-corrected chi connectivity index (χ1v) is 15.1. The van der Waals surface area contributed by atoms with Crippen molar-refractivity contribution in [1.82, 2.24) is 0 Å². The second kappa shape index (κ2) is 16.6. The monoisotopic (exact) mass is 692 g/mol. The summed E-state index contributed by atoms with van der Waals surface area (Å²) in [6.45, 7) is 0. The predicted octanol–water partition coefficient (Wildman–Crippen LogP) is 11.0. The van der Waals surface area contributed by atoms with Crippen molar-refractivity contribution in [3.05, 3.63) is 146 Å². The third-order valence-electron chi connectivity index (χ3n) is 7.14. The quantitative estimate of drug-likeness (QED) is 0.0721. The molecule has 0 radical (unpaired) electrons. The highest BCUT2D eigenvalue weighted by Crippen LogP contribution is 2.31. The van der Waals surface area contributed by atoms with Gasteiger partial charge in [0.1, 0.15) is 14.1 Å². The minimum atomic E-state index is -6.00. The SMILES string of the molecule is C[n+]1c(-c2ccccc2)cc(N=Nc2cc(-c3ccccc3)[n+](C)c(-c3ccccc3)c2)cc1-c1ccccc1.F[B-](F)(F)F.F[B-](F)(F)F. The Morgan fingerprint density at radius 1 is 0.360 bits per heavy atom. The molecular weight excluding hydrogens is 662 g/mol. The summed E-state index contributed by atoms with van der Waals surface area (Å²) in [5, 5.41) is 9.58. The van der Waals surface area contributed by atoms with Crippen molar-refractivity contribution < 1.29 is 43.7 Å². The molecule has 0 saturated carbocycles. The van der Waals surface area contributed by atoms with E-state index in [1.807, 2.05) is 24.3 Å². The zero-order valence-corrected chi connectivity index (χ0v) is 26.8. The zero-order valence-electron chi connectivity index (χ0n) is 26.8. The average Bonchev–Trinajstić information content (AvgIpc) is 3.08. The van der Waals surface area contributed by atoms with Gasteiger partial charge in [-0.1, -0.05) is 72.8 Å². The summed E-state index contributed by atoms with van der Waals surface area (Å²) >= 11 is 0. The third kappa shape index (κ3) is 11.5. The van der Waals surface area contributed by atoms with Crippen molar-refractivity contribution in [2.45, 2.75) is 0 Å². The molecule has 6 aromatic rings. The van der Waals surface area contributed by atoms with Gasteiger partial charge in [-0.2, -0.15) is 19.4 Å². The first kappa shape index (κ1) is 37.2. The minimum absolute atomic E-state index is 0.798. The van der Waals surface area contributed by atoms with Crippen molar-refractivity contribution in [3.8, 4) is 45.0 Å². The fourth-order valence-corrected chi connectivity index (χ4v) is 5.06. The van der Waals surface area contributed by atoms with Crippen LogP contribution in [0.25, 0.3) is 45.0 Å². The molecule has 4 nitrogen and oxygen atoms in total. The summed E-state index contributed by atoms with van der Waals surface area (Å²) in [4.78, 5) is 0. The molecule has 256 valence electrons. The van der Waals surface area contributed by atoms with Crippen molar-refractivity contribution in [2.24, 2.45) is 24.3 Å². The van der Waals surface area contributed by atoms with E-state index in [-0.39, 0.29) is 0 Å². The number of hydrogen-bond donors (Lipinski definition) is 0. The Balaban J connectivity index is 0.000000496.